The molecule has 3 aliphatic rings. The third-order valence-corrected chi connectivity index (χ3v) is 8.64. The van der Waals surface area contributed by atoms with Crippen LogP contribution in [0, 0.1) is 5.92 Å². The van der Waals surface area contributed by atoms with E-state index >= 15 is 0 Å². The van der Waals surface area contributed by atoms with Crippen LogP contribution < -0.4 is 4.74 Å². The van der Waals surface area contributed by atoms with Gasteiger partial charge in [0.05, 0.1) is 18.6 Å². The maximum Gasteiger partial charge on any atom is 0.353 e. The number of phenols is 1. The van der Waals surface area contributed by atoms with E-state index in [1.807, 2.05) is 12.1 Å². The van der Waals surface area contributed by atoms with Gasteiger partial charge in [-0.25, -0.2) is 4.79 Å². The van der Waals surface area contributed by atoms with Crippen LogP contribution in [-0.2, 0) is 20.7 Å². The van der Waals surface area contributed by atoms with E-state index in [-0.39, 0.29) is 36.7 Å². The van der Waals surface area contributed by atoms with Gasteiger partial charge < -0.3 is 24.8 Å². The van der Waals surface area contributed by atoms with Gasteiger partial charge in [-0.05, 0) is 63.6 Å². The van der Waals surface area contributed by atoms with Crippen molar-refractivity contribution in [3.63, 3.8) is 0 Å². The summed E-state index contributed by atoms with van der Waals surface area (Å²) < 4.78 is 11.8. The number of hydrogen-bond donors (Lipinski definition) is 3. The van der Waals surface area contributed by atoms with Gasteiger partial charge >= 0.3 is 5.97 Å². The van der Waals surface area contributed by atoms with Gasteiger partial charge in [0.1, 0.15) is 22.6 Å². The maximum atomic E-state index is 12.4. The Morgan fingerprint density at radius 3 is 2.76 bits per heavy atom. The van der Waals surface area contributed by atoms with Gasteiger partial charge in [0.2, 0.25) is 5.91 Å². The Morgan fingerprint density at radius 1 is 1.30 bits per heavy atom. The Labute approximate surface area is 222 Å². The first kappa shape index (κ1) is 27.5. The molecule has 202 valence electrons. The van der Waals surface area contributed by atoms with Crippen LogP contribution in [0.3, 0.4) is 0 Å². The quantitative estimate of drug-likeness (QED) is 0.151. The SMILES string of the molecule is CCCCCc1cc(O)c(C2C=C(C)CCC2)c(OCOCC2=C(C(=O)O)N3C(=O)C(C(C)O)C3S2)c1. The van der Waals surface area contributed by atoms with Gasteiger partial charge in [-0.2, -0.15) is 0 Å². The monoisotopic (exact) mass is 531 g/mol. The second-order valence-corrected chi connectivity index (χ2v) is 11.4. The number of rotatable bonds is 12. The fraction of sp³-hybridized carbons (Fsp3) is 0.571. The van der Waals surface area contributed by atoms with Crippen molar-refractivity contribution in [2.45, 2.75) is 83.1 Å². The summed E-state index contributed by atoms with van der Waals surface area (Å²) >= 11 is 1.24. The van der Waals surface area contributed by atoms with Crippen LogP contribution in [0.25, 0.3) is 0 Å². The smallest absolute Gasteiger partial charge is 0.353 e. The molecular weight excluding hydrogens is 494 g/mol. The van der Waals surface area contributed by atoms with Crippen molar-refractivity contribution in [3.8, 4) is 11.5 Å². The van der Waals surface area contributed by atoms with E-state index < -0.39 is 23.4 Å². The number of ether oxygens (including phenoxy) is 2. The molecule has 0 aromatic heterocycles. The number of phenolic OH excluding ortho intramolecular Hbond substituents is 1. The number of hydrogen-bond acceptors (Lipinski definition) is 7. The molecular formula is C28H37NO7S. The molecule has 8 nitrogen and oxygen atoms in total. The highest BCUT2D eigenvalue weighted by atomic mass is 32.2. The normalized spacial score (nSPS) is 24.0. The Hall–Kier alpha value is -2.49. The lowest BCUT2D eigenvalue weighted by Gasteiger charge is -2.43. The zero-order valence-electron chi connectivity index (χ0n) is 21.7. The zero-order chi connectivity index (χ0) is 26.7. The average Bonchev–Trinajstić information content (AvgIpc) is 3.16. The van der Waals surface area contributed by atoms with Gasteiger partial charge in [0.15, 0.2) is 6.79 Å². The Kier molecular flexibility index (Phi) is 8.87. The van der Waals surface area contributed by atoms with Crippen molar-refractivity contribution >= 4 is 23.6 Å². The number of fused-ring (bicyclic) bond motifs is 1. The molecule has 1 aliphatic carbocycles. The average molecular weight is 532 g/mol. The molecule has 0 radical (unpaired) electrons. The lowest BCUT2D eigenvalue weighted by Crippen LogP contribution is -2.60. The summed E-state index contributed by atoms with van der Waals surface area (Å²) in [6, 6.07) is 3.82. The number of aliphatic hydroxyl groups is 1. The first-order valence-electron chi connectivity index (χ1n) is 13.1. The van der Waals surface area contributed by atoms with E-state index in [2.05, 4.69) is 19.9 Å². The number of carbonyl (C=O) groups is 2. The molecule has 2 heterocycles. The summed E-state index contributed by atoms with van der Waals surface area (Å²) in [6.07, 6.45) is 8.48. The van der Waals surface area contributed by atoms with Crippen molar-refractivity contribution in [2.75, 3.05) is 13.4 Å². The second kappa shape index (κ2) is 11.9. The molecule has 0 spiro atoms. The van der Waals surface area contributed by atoms with Gasteiger partial charge in [0, 0.05) is 16.4 Å². The summed E-state index contributed by atoms with van der Waals surface area (Å²) in [5.41, 5.74) is 2.98. The van der Waals surface area contributed by atoms with Crippen LogP contribution in [0.4, 0.5) is 0 Å². The first-order chi connectivity index (χ1) is 17.7. The number of nitrogens with zero attached hydrogens (tertiary/aromatic N) is 1. The standard InChI is InChI=1S/C28H37NO7S/c1-4-5-6-9-18-12-20(31)24(19-10-7-8-16(2)11-19)21(13-18)36-15-35-14-22-25(28(33)34)29-26(32)23(17(3)30)27(29)37-22/h11-13,17,19,23,27,30-31H,4-10,14-15H2,1-3H3,(H,33,34). The van der Waals surface area contributed by atoms with Crippen molar-refractivity contribution in [2.24, 2.45) is 5.92 Å². The number of β-lactam (4-membered cyclic amide) rings is 1. The minimum absolute atomic E-state index is 0.0287. The number of unbranched alkanes of at least 4 members (excludes halogenated alkanes) is 2. The Morgan fingerprint density at radius 2 is 2.08 bits per heavy atom. The van der Waals surface area contributed by atoms with Crippen LogP contribution in [0.15, 0.2) is 34.4 Å². The van der Waals surface area contributed by atoms with Crippen molar-refractivity contribution in [3.05, 3.63) is 45.5 Å². The number of thioether (sulfide) groups is 1. The number of carboxylic acid groups (broad SMARTS) is 1. The topological polar surface area (TPSA) is 117 Å². The summed E-state index contributed by atoms with van der Waals surface area (Å²) in [5, 5.41) is 30.1. The minimum Gasteiger partial charge on any atom is -0.507 e. The molecule has 1 saturated heterocycles. The Bertz CT molecular complexity index is 1100. The third kappa shape index (κ3) is 5.84. The van der Waals surface area contributed by atoms with Gasteiger partial charge in [-0.15, -0.1) is 0 Å². The molecule has 9 heteroatoms. The van der Waals surface area contributed by atoms with Gasteiger partial charge in [-0.1, -0.05) is 43.2 Å². The van der Waals surface area contributed by atoms with Crippen molar-refractivity contribution < 1.29 is 34.4 Å². The lowest BCUT2D eigenvalue weighted by molar-refractivity contribution is -0.156. The van der Waals surface area contributed by atoms with Crippen LogP contribution >= 0.6 is 11.8 Å². The third-order valence-electron chi connectivity index (χ3n) is 7.30. The van der Waals surface area contributed by atoms with Crippen LogP contribution in [0.1, 0.15) is 76.3 Å². The second-order valence-electron chi connectivity index (χ2n) is 10.2. The zero-order valence-corrected chi connectivity index (χ0v) is 22.6. The predicted octanol–water partition coefficient (Wildman–Crippen LogP) is 4.90. The highest BCUT2D eigenvalue weighted by Gasteiger charge is 2.57. The number of aryl methyl sites for hydroxylation is 1. The number of carboxylic acids is 1. The largest absolute Gasteiger partial charge is 0.507 e. The lowest BCUT2D eigenvalue weighted by atomic mass is 9.84. The highest BCUT2D eigenvalue weighted by Crippen LogP contribution is 2.50. The Balaban J connectivity index is 1.47. The number of aromatic hydroxyl groups is 1. The van der Waals surface area contributed by atoms with Crippen LogP contribution in [-0.4, -0.2) is 57.0 Å². The molecule has 1 amide bonds. The number of benzene rings is 1. The van der Waals surface area contributed by atoms with E-state index in [9.17, 15) is 24.9 Å². The molecule has 1 aromatic rings. The summed E-state index contributed by atoms with van der Waals surface area (Å²) in [6.45, 7) is 5.64. The molecule has 4 atom stereocenters. The van der Waals surface area contributed by atoms with Crippen LogP contribution in [0.2, 0.25) is 0 Å². The molecule has 3 N–H and O–H groups in total. The van der Waals surface area contributed by atoms with E-state index in [4.69, 9.17) is 9.47 Å². The van der Waals surface area contributed by atoms with Gasteiger partial charge in [0.25, 0.3) is 0 Å². The van der Waals surface area contributed by atoms with Gasteiger partial charge in [-0.3, -0.25) is 9.69 Å². The number of carbonyl (C=O) groups excluding carboxylic acids is 1. The van der Waals surface area contributed by atoms with Crippen molar-refractivity contribution in [1.29, 1.82) is 0 Å². The molecule has 0 bridgehead atoms. The van der Waals surface area contributed by atoms with E-state index in [0.29, 0.717) is 10.7 Å². The summed E-state index contributed by atoms with van der Waals surface area (Å²) in [5.74, 6) is -1.32. The molecule has 4 rings (SSSR count). The fourth-order valence-corrected chi connectivity index (χ4v) is 6.96. The number of amides is 1. The first-order valence-corrected chi connectivity index (χ1v) is 14.0. The minimum atomic E-state index is -1.20. The summed E-state index contributed by atoms with van der Waals surface area (Å²) in [7, 11) is 0. The van der Waals surface area contributed by atoms with E-state index in [1.165, 1.54) is 29.2 Å². The molecule has 1 aromatic carbocycles. The van der Waals surface area contributed by atoms with Crippen LogP contribution in [0.5, 0.6) is 11.5 Å². The molecule has 37 heavy (non-hydrogen) atoms. The van der Waals surface area contributed by atoms with E-state index in [0.717, 1.165) is 56.1 Å². The number of allylic oxidation sites excluding steroid dienone is 2. The molecule has 2 aliphatic heterocycles. The summed E-state index contributed by atoms with van der Waals surface area (Å²) in [4.78, 5) is 25.9. The predicted molar refractivity (Wildman–Crippen MR) is 141 cm³/mol. The fourth-order valence-electron chi connectivity index (χ4n) is 5.42. The molecule has 4 unspecified atom stereocenters. The highest BCUT2D eigenvalue weighted by molar-refractivity contribution is 8.04. The molecule has 1 fully saturated rings. The number of aliphatic hydroxyl groups excluding tert-OH is 1. The van der Waals surface area contributed by atoms with E-state index in [1.54, 1.807) is 0 Å². The number of aliphatic carboxylic acids is 1. The van der Waals surface area contributed by atoms with Crippen molar-refractivity contribution in [1.82, 2.24) is 4.90 Å². The maximum absolute atomic E-state index is 12.4. The molecule has 0 saturated carbocycles.